The standard InChI is InChI=1S/C10H16FN3/c1-3-4-10(5-6-10)8-7(11)9(12)14(2)13-8/h3-6,12H2,1-2H3. The molecule has 2 rings (SSSR count). The van der Waals surface area contributed by atoms with E-state index >= 15 is 0 Å². The Morgan fingerprint density at radius 2 is 2.21 bits per heavy atom. The molecule has 1 aliphatic rings. The number of aryl methyl sites for hydroxylation is 1. The topological polar surface area (TPSA) is 43.8 Å². The number of nitrogens with two attached hydrogens (primary N) is 1. The molecule has 1 saturated carbocycles. The van der Waals surface area contributed by atoms with Crippen molar-refractivity contribution in [3.8, 4) is 0 Å². The molecule has 0 amide bonds. The summed E-state index contributed by atoms with van der Waals surface area (Å²) in [5.41, 5.74) is 6.14. The molecule has 0 radical (unpaired) electrons. The van der Waals surface area contributed by atoms with Crippen LogP contribution in [0.1, 0.15) is 38.3 Å². The second-order valence-corrected chi connectivity index (χ2v) is 4.20. The van der Waals surface area contributed by atoms with Crippen molar-refractivity contribution >= 4 is 5.82 Å². The number of hydrogen-bond acceptors (Lipinski definition) is 2. The van der Waals surface area contributed by atoms with Crippen molar-refractivity contribution in [3.05, 3.63) is 11.5 Å². The molecule has 0 atom stereocenters. The van der Waals surface area contributed by atoms with E-state index in [1.54, 1.807) is 7.05 Å². The molecule has 0 aliphatic heterocycles. The molecule has 0 aromatic carbocycles. The van der Waals surface area contributed by atoms with Gasteiger partial charge in [-0.3, -0.25) is 4.68 Å². The van der Waals surface area contributed by atoms with Crippen molar-refractivity contribution in [1.82, 2.24) is 9.78 Å². The van der Waals surface area contributed by atoms with Crippen LogP contribution in [0.4, 0.5) is 10.2 Å². The first kappa shape index (κ1) is 9.49. The van der Waals surface area contributed by atoms with E-state index < -0.39 is 0 Å². The summed E-state index contributed by atoms with van der Waals surface area (Å²) in [4.78, 5) is 0. The summed E-state index contributed by atoms with van der Waals surface area (Å²) in [6, 6.07) is 0. The molecule has 0 unspecified atom stereocenters. The molecule has 1 heterocycles. The normalized spacial score (nSPS) is 18.5. The molecule has 1 aliphatic carbocycles. The lowest BCUT2D eigenvalue weighted by Gasteiger charge is -2.09. The third-order valence-electron chi connectivity index (χ3n) is 3.12. The van der Waals surface area contributed by atoms with Crippen molar-refractivity contribution in [1.29, 1.82) is 0 Å². The van der Waals surface area contributed by atoms with E-state index in [1.165, 1.54) is 4.68 Å². The Morgan fingerprint density at radius 3 is 2.57 bits per heavy atom. The van der Waals surface area contributed by atoms with Gasteiger partial charge in [-0.25, -0.2) is 4.39 Å². The van der Waals surface area contributed by atoms with E-state index in [9.17, 15) is 4.39 Å². The van der Waals surface area contributed by atoms with Gasteiger partial charge in [0.05, 0.1) is 0 Å². The molecule has 1 aromatic rings. The van der Waals surface area contributed by atoms with E-state index in [0.717, 1.165) is 25.7 Å². The second-order valence-electron chi connectivity index (χ2n) is 4.20. The SMILES string of the molecule is CCCC1(c2nn(C)c(N)c2F)CC1. The first-order valence-electron chi connectivity index (χ1n) is 5.09. The van der Waals surface area contributed by atoms with Gasteiger partial charge >= 0.3 is 0 Å². The number of rotatable bonds is 3. The van der Waals surface area contributed by atoms with Gasteiger partial charge in [0.15, 0.2) is 11.6 Å². The predicted octanol–water partition coefficient (Wildman–Crippen LogP) is 1.97. The van der Waals surface area contributed by atoms with E-state index in [1.807, 2.05) is 0 Å². The maximum Gasteiger partial charge on any atom is 0.188 e. The molecule has 2 N–H and O–H groups in total. The van der Waals surface area contributed by atoms with Crippen LogP contribution in [-0.4, -0.2) is 9.78 Å². The number of nitrogens with zero attached hydrogens (tertiary/aromatic N) is 2. The van der Waals surface area contributed by atoms with Crippen LogP contribution in [0.5, 0.6) is 0 Å². The van der Waals surface area contributed by atoms with Gasteiger partial charge in [0.2, 0.25) is 0 Å². The van der Waals surface area contributed by atoms with Crippen LogP contribution in [0, 0.1) is 5.82 Å². The summed E-state index contributed by atoms with van der Waals surface area (Å²) >= 11 is 0. The fourth-order valence-electron chi connectivity index (χ4n) is 2.08. The summed E-state index contributed by atoms with van der Waals surface area (Å²) in [5.74, 6) is -0.152. The fraction of sp³-hybridized carbons (Fsp3) is 0.700. The first-order valence-corrected chi connectivity index (χ1v) is 5.09. The Balaban J connectivity index is 2.37. The van der Waals surface area contributed by atoms with Crippen molar-refractivity contribution in [2.24, 2.45) is 7.05 Å². The number of aromatic nitrogens is 2. The van der Waals surface area contributed by atoms with E-state index in [2.05, 4.69) is 12.0 Å². The summed E-state index contributed by atoms with van der Waals surface area (Å²) < 4.78 is 15.1. The second kappa shape index (κ2) is 2.97. The lowest BCUT2D eigenvalue weighted by Crippen LogP contribution is -2.09. The van der Waals surface area contributed by atoms with Gasteiger partial charge in [-0.1, -0.05) is 13.3 Å². The highest BCUT2D eigenvalue weighted by molar-refractivity contribution is 5.39. The van der Waals surface area contributed by atoms with Gasteiger partial charge in [-0.15, -0.1) is 0 Å². The molecule has 1 fully saturated rings. The van der Waals surface area contributed by atoms with Gasteiger partial charge in [0.1, 0.15) is 5.69 Å². The minimum Gasteiger partial charge on any atom is -0.381 e. The third kappa shape index (κ3) is 1.21. The molecule has 0 spiro atoms. The average molecular weight is 197 g/mol. The highest BCUT2D eigenvalue weighted by atomic mass is 19.1. The number of halogens is 1. The van der Waals surface area contributed by atoms with Gasteiger partial charge in [-0.05, 0) is 19.3 Å². The first-order chi connectivity index (χ1) is 6.60. The monoisotopic (exact) mass is 197 g/mol. The van der Waals surface area contributed by atoms with Crippen LogP contribution in [0.3, 0.4) is 0 Å². The zero-order valence-electron chi connectivity index (χ0n) is 8.68. The summed E-state index contributed by atoms with van der Waals surface area (Å²) in [6.45, 7) is 2.12. The number of anilines is 1. The minimum atomic E-state index is -0.307. The quantitative estimate of drug-likeness (QED) is 0.805. The predicted molar refractivity (Wildman–Crippen MR) is 53.4 cm³/mol. The number of nitrogen functional groups attached to an aromatic ring is 1. The van der Waals surface area contributed by atoms with Gasteiger partial charge in [0.25, 0.3) is 0 Å². The molecule has 3 nitrogen and oxygen atoms in total. The van der Waals surface area contributed by atoms with Crippen LogP contribution < -0.4 is 5.73 Å². The largest absolute Gasteiger partial charge is 0.381 e. The number of hydrogen-bond donors (Lipinski definition) is 1. The molecular formula is C10H16FN3. The molecule has 0 saturated heterocycles. The zero-order chi connectivity index (χ0) is 10.3. The third-order valence-corrected chi connectivity index (χ3v) is 3.12. The fourth-order valence-corrected chi connectivity index (χ4v) is 2.08. The summed E-state index contributed by atoms with van der Waals surface area (Å²) in [6.07, 6.45) is 4.18. The maximum absolute atomic E-state index is 13.7. The van der Waals surface area contributed by atoms with Crippen molar-refractivity contribution in [2.75, 3.05) is 5.73 Å². The molecule has 1 aromatic heterocycles. The summed E-state index contributed by atoms with van der Waals surface area (Å²) in [7, 11) is 1.68. The Morgan fingerprint density at radius 1 is 1.57 bits per heavy atom. The van der Waals surface area contributed by atoms with Crippen LogP contribution in [0.2, 0.25) is 0 Å². The van der Waals surface area contributed by atoms with Gasteiger partial charge in [0, 0.05) is 12.5 Å². The summed E-state index contributed by atoms with van der Waals surface area (Å²) in [5, 5.41) is 4.18. The van der Waals surface area contributed by atoms with Crippen LogP contribution in [-0.2, 0) is 12.5 Å². The molecule has 4 heteroatoms. The van der Waals surface area contributed by atoms with Crippen molar-refractivity contribution in [2.45, 2.75) is 38.0 Å². The van der Waals surface area contributed by atoms with Crippen LogP contribution in [0.15, 0.2) is 0 Å². The molecule has 0 bridgehead atoms. The Labute approximate surface area is 83.1 Å². The zero-order valence-corrected chi connectivity index (χ0v) is 8.68. The molecule has 14 heavy (non-hydrogen) atoms. The maximum atomic E-state index is 13.7. The van der Waals surface area contributed by atoms with Gasteiger partial charge < -0.3 is 5.73 Å². The molecule has 78 valence electrons. The van der Waals surface area contributed by atoms with E-state index in [-0.39, 0.29) is 17.1 Å². The highest BCUT2D eigenvalue weighted by Gasteiger charge is 2.47. The van der Waals surface area contributed by atoms with E-state index in [0.29, 0.717) is 5.69 Å². The Hall–Kier alpha value is -1.06. The molecular weight excluding hydrogens is 181 g/mol. The lowest BCUT2D eigenvalue weighted by atomic mass is 9.96. The highest BCUT2D eigenvalue weighted by Crippen LogP contribution is 2.52. The lowest BCUT2D eigenvalue weighted by molar-refractivity contribution is 0.530. The van der Waals surface area contributed by atoms with Crippen LogP contribution in [0.25, 0.3) is 0 Å². The van der Waals surface area contributed by atoms with Crippen LogP contribution >= 0.6 is 0 Å². The van der Waals surface area contributed by atoms with Gasteiger partial charge in [-0.2, -0.15) is 5.10 Å². The smallest absolute Gasteiger partial charge is 0.188 e. The Kier molecular flexibility index (Phi) is 2.01. The Bertz CT molecular complexity index is 352. The average Bonchev–Trinajstić information content (AvgIpc) is 2.88. The van der Waals surface area contributed by atoms with Crippen molar-refractivity contribution < 1.29 is 4.39 Å². The minimum absolute atomic E-state index is 0.00815. The van der Waals surface area contributed by atoms with E-state index in [4.69, 9.17) is 5.73 Å². The van der Waals surface area contributed by atoms with Crippen molar-refractivity contribution in [3.63, 3.8) is 0 Å².